The molecule has 0 aromatic heterocycles. The third kappa shape index (κ3) is 4.68. The number of hydrogen-bond acceptors (Lipinski definition) is 3. The van der Waals surface area contributed by atoms with Crippen LogP contribution < -0.4 is 10.1 Å². The molecule has 140 valence electrons. The lowest BCUT2D eigenvalue weighted by Gasteiger charge is -2.22. The minimum atomic E-state index is -0.293. The van der Waals surface area contributed by atoms with Gasteiger partial charge in [0, 0.05) is 11.6 Å². The van der Waals surface area contributed by atoms with E-state index in [0.29, 0.717) is 12.4 Å². The molecule has 0 unspecified atom stereocenters. The molecule has 2 aromatic rings. The first-order valence-electron chi connectivity index (χ1n) is 9.80. The molecule has 3 rings (SSSR count). The number of benzene rings is 2. The quantitative estimate of drug-likeness (QED) is 0.582. The van der Waals surface area contributed by atoms with Gasteiger partial charge in [-0.2, -0.15) is 5.26 Å². The molecule has 1 fully saturated rings. The van der Waals surface area contributed by atoms with Crippen molar-refractivity contribution in [1.82, 2.24) is 5.32 Å². The Balaban J connectivity index is 1.95. The molecule has 27 heavy (non-hydrogen) atoms. The molecule has 0 heterocycles. The SMILES string of the molecule is CCCOc1ccc2ccccc2c1C=C(C#N)C(=O)NC1CCCCC1. The van der Waals surface area contributed by atoms with E-state index in [1.807, 2.05) is 36.4 Å². The van der Waals surface area contributed by atoms with Crippen LogP contribution in [0.15, 0.2) is 42.0 Å². The van der Waals surface area contributed by atoms with Crippen LogP contribution in [0, 0.1) is 11.3 Å². The molecule has 0 saturated heterocycles. The highest BCUT2D eigenvalue weighted by molar-refractivity contribution is 6.05. The standard InChI is InChI=1S/C23H26N2O2/c1-2-14-27-22-13-12-17-8-6-7-11-20(17)21(22)15-18(16-24)23(26)25-19-9-4-3-5-10-19/h6-8,11-13,15,19H,2-5,9-10,14H2,1H3,(H,25,26). The number of amides is 1. The van der Waals surface area contributed by atoms with Crippen molar-refractivity contribution < 1.29 is 9.53 Å². The van der Waals surface area contributed by atoms with Gasteiger partial charge < -0.3 is 10.1 Å². The number of carbonyl (C=O) groups is 1. The Kier molecular flexibility index (Phi) is 6.49. The van der Waals surface area contributed by atoms with Crippen molar-refractivity contribution in [1.29, 1.82) is 5.26 Å². The van der Waals surface area contributed by atoms with Crippen LogP contribution in [0.5, 0.6) is 5.75 Å². The van der Waals surface area contributed by atoms with Crippen molar-refractivity contribution in [3.8, 4) is 11.8 Å². The van der Waals surface area contributed by atoms with E-state index in [-0.39, 0.29) is 17.5 Å². The highest BCUT2D eigenvalue weighted by Crippen LogP contribution is 2.30. The third-order valence-corrected chi connectivity index (χ3v) is 4.99. The van der Waals surface area contributed by atoms with E-state index in [1.54, 1.807) is 6.08 Å². The van der Waals surface area contributed by atoms with Gasteiger partial charge in [-0.3, -0.25) is 4.79 Å². The van der Waals surface area contributed by atoms with Crippen molar-refractivity contribution in [3.63, 3.8) is 0 Å². The molecular formula is C23H26N2O2. The summed E-state index contributed by atoms with van der Waals surface area (Å²) in [5.41, 5.74) is 0.912. The van der Waals surface area contributed by atoms with Crippen LogP contribution in [0.3, 0.4) is 0 Å². The van der Waals surface area contributed by atoms with E-state index in [9.17, 15) is 10.1 Å². The van der Waals surface area contributed by atoms with Crippen molar-refractivity contribution >= 4 is 22.8 Å². The van der Waals surface area contributed by atoms with E-state index in [2.05, 4.69) is 18.3 Å². The molecule has 1 aliphatic carbocycles. The second-order valence-electron chi connectivity index (χ2n) is 7.03. The van der Waals surface area contributed by atoms with Gasteiger partial charge in [-0.05, 0) is 42.2 Å². The maximum atomic E-state index is 12.7. The minimum Gasteiger partial charge on any atom is -0.493 e. The molecule has 4 nitrogen and oxygen atoms in total. The Hall–Kier alpha value is -2.80. The van der Waals surface area contributed by atoms with Gasteiger partial charge in [-0.1, -0.05) is 56.5 Å². The first-order chi connectivity index (χ1) is 13.2. The summed E-state index contributed by atoms with van der Waals surface area (Å²) in [6, 6.07) is 14.1. The smallest absolute Gasteiger partial charge is 0.262 e. The summed E-state index contributed by atoms with van der Waals surface area (Å²) in [6.45, 7) is 2.64. The van der Waals surface area contributed by atoms with Crippen LogP contribution in [0.1, 0.15) is 51.0 Å². The summed E-state index contributed by atoms with van der Waals surface area (Å²) in [6.07, 6.45) is 8.03. The van der Waals surface area contributed by atoms with Crippen LogP contribution in [0.25, 0.3) is 16.8 Å². The average Bonchev–Trinajstić information content (AvgIpc) is 2.71. The summed E-state index contributed by atoms with van der Waals surface area (Å²) in [5, 5.41) is 14.7. The van der Waals surface area contributed by atoms with Crippen molar-refractivity contribution in [2.24, 2.45) is 0 Å². The van der Waals surface area contributed by atoms with Gasteiger partial charge in [-0.25, -0.2) is 0 Å². The summed E-state index contributed by atoms with van der Waals surface area (Å²) < 4.78 is 5.88. The van der Waals surface area contributed by atoms with E-state index >= 15 is 0 Å². The van der Waals surface area contributed by atoms with Crippen LogP contribution in [-0.2, 0) is 4.79 Å². The number of hydrogen-bond donors (Lipinski definition) is 1. The van der Waals surface area contributed by atoms with Crippen LogP contribution in [0.2, 0.25) is 0 Å². The van der Waals surface area contributed by atoms with Gasteiger partial charge in [0.1, 0.15) is 17.4 Å². The topological polar surface area (TPSA) is 62.1 Å². The van der Waals surface area contributed by atoms with Crippen LogP contribution >= 0.6 is 0 Å². The van der Waals surface area contributed by atoms with E-state index in [0.717, 1.165) is 48.4 Å². The normalized spacial score (nSPS) is 15.3. The largest absolute Gasteiger partial charge is 0.493 e. The van der Waals surface area contributed by atoms with Crippen molar-refractivity contribution in [2.75, 3.05) is 6.61 Å². The predicted molar refractivity (Wildman–Crippen MR) is 108 cm³/mol. The van der Waals surface area contributed by atoms with Crippen molar-refractivity contribution in [2.45, 2.75) is 51.5 Å². The zero-order valence-electron chi connectivity index (χ0n) is 15.8. The van der Waals surface area contributed by atoms with E-state index < -0.39 is 0 Å². The Labute approximate surface area is 160 Å². The molecule has 0 aliphatic heterocycles. The van der Waals surface area contributed by atoms with E-state index in [1.165, 1.54) is 6.42 Å². The lowest BCUT2D eigenvalue weighted by atomic mass is 9.95. The second kappa shape index (κ2) is 9.23. The third-order valence-electron chi connectivity index (χ3n) is 4.99. The summed E-state index contributed by atoms with van der Waals surface area (Å²) in [5.74, 6) is 0.410. The Morgan fingerprint density at radius 2 is 2.00 bits per heavy atom. The average molecular weight is 362 g/mol. The zero-order valence-corrected chi connectivity index (χ0v) is 15.8. The highest BCUT2D eigenvalue weighted by Gasteiger charge is 2.19. The second-order valence-corrected chi connectivity index (χ2v) is 7.03. The molecule has 1 N–H and O–H groups in total. The van der Waals surface area contributed by atoms with Crippen LogP contribution in [-0.4, -0.2) is 18.6 Å². The predicted octanol–water partition coefficient (Wildman–Crippen LogP) is 4.98. The Morgan fingerprint density at radius 1 is 1.22 bits per heavy atom. The van der Waals surface area contributed by atoms with Gasteiger partial charge in [0.05, 0.1) is 6.61 Å². The number of nitrogens with one attached hydrogen (secondary N) is 1. The molecule has 0 radical (unpaired) electrons. The molecule has 0 atom stereocenters. The fraction of sp³-hybridized carbons (Fsp3) is 0.391. The number of rotatable bonds is 6. The van der Waals surface area contributed by atoms with Crippen LogP contribution in [0.4, 0.5) is 0 Å². The van der Waals surface area contributed by atoms with Gasteiger partial charge >= 0.3 is 0 Å². The number of fused-ring (bicyclic) bond motifs is 1. The van der Waals surface area contributed by atoms with Gasteiger partial charge in [-0.15, -0.1) is 0 Å². The first-order valence-corrected chi connectivity index (χ1v) is 9.80. The Morgan fingerprint density at radius 3 is 2.74 bits per heavy atom. The zero-order chi connectivity index (χ0) is 19.1. The minimum absolute atomic E-state index is 0.123. The van der Waals surface area contributed by atoms with E-state index in [4.69, 9.17) is 4.74 Å². The maximum absolute atomic E-state index is 12.7. The first kappa shape index (κ1) is 19.0. The molecule has 1 saturated carbocycles. The van der Waals surface area contributed by atoms with Gasteiger partial charge in [0.2, 0.25) is 0 Å². The fourth-order valence-corrected chi connectivity index (χ4v) is 3.57. The molecule has 0 spiro atoms. The fourth-order valence-electron chi connectivity index (χ4n) is 3.57. The van der Waals surface area contributed by atoms with Crippen molar-refractivity contribution in [3.05, 3.63) is 47.5 Å². The lowest BCUT2D eigenvalue weighted by Crippen LogP contribution is -2.36. The Bertz CT molecular complexity index is 874. The highest BCUT2D eigenvalue weighted by atomic mass is 16.5. The number of nitrogens with zero attached hydrogens (tertiary/aromatic N) is 1. The molecule has 4 heteroatoms. The monoisotopic (exact) mass is 362 g/mol. The number of carbonyl (C=O) groups excluding carboxylic acids is 1. The maximum Gasteiger partial charge on any atom is 0.262 e. The number of nitriles is 1. The van der Waals surface area contributed by atoms with Gasteiger partial charge in [0.25, 0.3) is 5.91 Å². The summed E-state index contributed by atoms with van der Waals surface area (Å²) >= 11 is 0. The summed E-state index contributed by atoms with van der Waals surface area (Å²) in [7, 11) is 0. The molecule has 1 amide bonds. The molecule has 1 aliphatic rings. The van der Waals surface area contributed by atoms with Gasteiger partial charge in [0.15, 0.2) is 0 Å². The molecule has 0 bridgehead atoms. The summed E-state index contributed by atoms with van der Waals surface area (Å²) in [4.78, 5) is 12.7. The molecular weight excluding hydrogens is 336 g/mol. The molecule has 2 aromatic carbocycles. The lowest BCUT2D eigenvalue weighted by molar-refractivity contribution is -0.117. The number of ether oxygens (including phenoxy) is 1.